The second-order valence-corrected chi connectivity index (χ2v) is 4.97. The number of hydrogen-bond acceptors (Lipinski definition) is 2. The molecule has 1 aliphatic carbocycles. The van der Waals surface area contributed by atoms with E-state index in [-0.39, 0.29) is 6.10 Å². The average molecular weight is 185 g/mol. The number of nitrogens with one attached hydrogen (secondary N) is 1. The maximum Gasteiger partial charge on any atom is 0.0696 e. The van der Waals surface area contributed by atoms with Gasteiger partial charge in [0, 0.05) is 12.1 Å². The summed E-state index contributed by atoms with van der Waals surface area (Å²) >= 11 is 0. The molecular formula is C11H23NO. The van der Waals surface area contributed by atoms with Crippen LogP contribution in [0, 0.1) is 11.8 Å². The Labute approximate surface area is 81.7 Å². The molecule has 2 heteroatoms. The SMILES string of the molecule is CC(C)N[C@@H]1CC(C(C)C)C[C@@H]1O. The largest absolute Gasteiger partial charge is 0.391 e. The zero-order valence-corrected chi connectivity index (χ0v) is 9.25. The first kappa shape index (κ1) is 11.0. The van der Waals surface area contributed by atoms with Crippen molar-refractivity contribution in [3.63, 3.8) is 0 Å². The quantitative estimate of drug-likeness (QED) is 0.702. The van der Waals surface area contributed by atoms with Crippen LogP contribution < -0.4 is 5.32 Å². The smallest absolute Gasteiger partial charge is 0.0696 e. The molecule has 0 amide bonds. The van der Waals surface area contributed by atoms with Crippen LogP contribution in [0.25, 0.3) is 0 Å². The zero-order valence-electron chi connectivity index (χ0n) is 9.25. The Morgan fingerprint density at radius 1 is 1.15 bits per heavy atom. The molecule has 0 bridgehead atoms. The van der Waals surface area contributed by atoms with Crippen LogP contribution in [0.1, 0.15) is 40.5 Å². The van der Waals surface area contributed by atoms with E-state index >= 15 is 0 Å². The third kappa shape index (κ3) is 2.96. The van der Waals surface area contributed by atoms with Gasteiger partial charge in [-0.05, 0) is 24.7 Å². The molecule has 0 aromatic heterocycles. The van der Waals surface area contributed by atoms with Crippen molar-refractivity contribution < 1.29 is 5.11 Å². The molecule has 0 spiro atoms. The second-order valence-electron chi connectivity index (χ2n) is 4.97. The van der Waals surface area contributed by atoms with Crippen molar-refractivity contribution in [2.75, 3.05) is 0 Å². The lowest BCUT2D eigenvalue weighted by atomic mass is 9.94. The number of aliphatic hydroxyl groups excluding tert-OH is 1. The van der Waals surface area contributed by atoms with E-state index in [0.717, 1.165) is 12.8 Å². The van der Waals surface area contributed by atoms with Gasteiger partial charge in [0.1, 0.15) is 0 Å². The van der Waals surface area contributed by atoms with Gasteiger partial charge in [0.2, 0.25) is 0 Å². The van der Waals surface area contributed by atoms with Gasteiger partial charge >= 0.3 is 0 Å². The van der Waals surface area contributed by atoms with E-state index in [1.54, 1.807) is 0 Å². The Kier molecular flexibility index (Phi) is 3.74. The fraction of sp³-hybridized carbons (Fsp3) is 1.00. The lowest BCUT2D eigenvalue weighted by molar-refractivity contribution is 0.141. The van der Waals surface area contributed by atoms with Crippen molar-refractivity contribution >= 4 is 0 Å². The Morgan fingerprint density at radius 3 is 2.15 bits per heavy atom. The van der Waals surface area contributed by atoms with E-state index in [1.807, 2.05) is 0 Å². The molecule has 0 heterocycles. The third-order valence-electron chi connectivity index (χ3n) is 3.06. The van der Waals surface area contributed by atoms with E-state index in [9.17, 15) is 5.11 Å². The first-order valence-corrected chi connectivity index (χ1v) is 5.44. The van der Waals surface area contributed by atoms with E-state index in [2.05, 4.69) is 33.0 Å². The highest BCUT2D eigenvalue weighted by Gasteiger charge is 2.34. The van der Waals surface area contributed by atoms with Crippen LogP contribution >= 0.6 is 0 Å². The van der Waals surface area contributed by atoms with Gasteiger partial charge in [-0.1, -0.05) is 27.7 Å². The summed E-state index contributed by atoms with van der Waals surface area (Å²) in [5.41, 5.74) is 0. The summed E-state index contributed by atoms with van der Waals surface area (Å²) in [6, 6.07) is 0.804. The van der Waals surface area contributed by atoms with Gasteiger partial charge < -0.3 is 10.4 Å². The van der Waals surface area contributed by atoms with Gasteiger partial charge in [0.15, 0.2) is 0 Å². The Morgan fingerprint density at radius 2 is 1.77 bits per heavy atom. The molecule has 1 fully saturated rings. The summed E-state index contributed by atoms with van der Waals surface area (Å²) < 4.78 is 0. The minimum Gasteiger partial charge on any atom is -0.391 e. The topological polar surface area (TPSA) is 32.3 Å². The first-order chi connectivity index (χ1) is 6.00. The Balaban J connectivity index is 2.42. The van der Waals surface area contributed by atoms with Crippen LogP contribution in [0.5, 0.6) is 0 Å². The van der Waals surface area contributed by atoms with Gasteiger partial charge in [-0.15, -0.1) is 0 Å². The van der Waals surface area contributed by atoms with Crippen LogP contribution in [0.3, 0.4) is 0 Å². The lowest BCUT2D eigenvalue weighted by Crippen LogP contribution is -2.39. The molecule has 1 aliphatic rings. The van der Waals surface area contributed by atoms with E-state index in [0.29, 0.717) is 23.9 Å². The van der Waals surface area contributed by atoms with Crippen LogP contribution in [-0.4, -0.2) is 23.3 Å². The molecule has 1 rings (SSSR count). The van der Waals surface area contributed by atoms with Gasteiger partial charge in [-0.2, -0.15) is 0 Å². The molecule has 3 atom stereocenters. The standard InChI is InChI=1S/C11H23NO/c1-7(2)9-5-10(11(13)6-9)12-8(3)4/h7-13H,5-6H2,1-4H3/t9?,10-,11+/m1/s1. The van der Waals surface area contributed by atoms with Crippen LogP contribution in [0.4, 0.5) is 0 Å². The van der Waals surface area contributed by atoms with Crippen molar-refractivity contribution in [3.05, 3.63) is 0 Å². The van der Waals surface area contributed by atoms with Gasteiger partial charge in [-0.3, -0.25) is 0 Å². The third-order valence-corrected chi connectivity index (χ3v) is 3.06. The minimum absolute atomic E-state index is 0.130. The summed E-state index contributed by atoms with van der Waals surface area (Å²) in [5.74, 6) is 1.40. The van der Waals surface area contributed by atoms with Gasteiger partial charge in [-0.25, -0.2) is 0 Å². The Hall–Kier alpha value is -0.0800. The van der Waals surface area contributed by atoms with Crippen molar-refractivity contribution in [1.29, 1.82) is 0 Å². The van der Waals surface area contributed by atoms with Crippen LogP contribution in [0.2, 0.25) is 0 Å². The number of hydrogen-bond donors (Lipinski definition) is 2. The number of aliphatic hydroxyl groups is 1. The zero-order chi connectivity index (χ0) is 10.0. The summed E-state index contributed by atoms with van der Waals surface area (Å²) in [7, 11) is 0. The molecule has 0 aromatic carbocycles. The summed E-state index contributed by atoms with van der Waals surface area (Å²) in [5, 5.41) is 13.2. The minimum atomic E-state index is -0.130. The lowest BCUT2D eigenvalue weighted by Gasteiger charge is -2.19. The van der Waals surface area contributed by atoms with Crippen molar-refractivity contribution in [3.8, 4) is 0 Å². The molecule has 0 saturated heterocycles. The molecule has 1 saturated carbocycles. The average Bonchev–Trinajstić information content (AvgIpc) is 2.31. The molecular weight excluding hydrogens is 162 g/mol. The van der Waals surface area contributed by atoms with Crippen LogP contribution in [0.15, 0.2) is 0 Å². The first-order valence-electron chi connectivity index (χ1n) is 5.44. The van der Waals surface area contributed by atoms with Gasteiger partial charge in [0.25, 0.3) is 0 Å². The fourth-order valence-electron chi connectivity index (χ4n) is 2.21. The van der Waals surface area contributed by atoms with Gasteiger partial charge in [0.05, 0.1) is 6.10 Å². The normalized spacial score (nSPS) is 34.8. The maximum absolute atomic E-state index is 9.79. The van der Waals surface area contributed by atoms with Crippen molar-refractivity contribution in [2.45, 2.75) is 58.7 Å². The molecule has 13 heavy (non-hydrogen) atoms. The van der Waals surface area contributed by atoms with Crippen LogP contribution in [-0.2, 0) is 0 Å². The molecule has 2 N–H and O–H groups in total. The van der Waals surface area contributed by atoms with E-state index in [1.165, 1.54) is 0 Å². The maximum atomic E-state index is 9.79. The predicted octanol–water partition coefficient (Wildman–Crippen LogP) is 1.78. The monoisotopic (exact) mass is 185 g/mol. The highest BCUT2D eigenvalue weighted by molar-refractivity contribution is 4.89. The molecule has 78 valence electrons. The molecule has 0 aliphatic heterocycles. The highest BCUT2D eigenvalue weighted by Crippen LogP contribution is 2.31. The van der Waals surface area contributed by atoms with Crippen molar-refractivity contribution in [1.82, 2.24) is 5.32 Å². The summed E-state index contributed by atoms with van der Waals surface area (Å²) in [6.45, 7) is 8.76. The van der Waals surface area contributed by atoms with E-state index in [4.69, 9.17) is 0 Å². The highest BCUT2D eigenvalue weighted by atomic mass is 16.3. The van der Waals surface area contributed by atoms with E-state index < -0.39 is 0 Å². The Bertz CT molecular complexity index is 156. The van der Waals surface area contributed by atoms with Crippen molar-refractivity contribution in [2.24, 2.45) is 11.8 Å². The second kappa shape index (κ2) is 4.43. The fourth-order valence-corrected chi connectivity index (χ4v) is 2.21. The summed E-state index contributed by atoms with van der Waals surface area (Å²) in [6.07, 6.45) is 1.98. The molecule has 0 aromatic rings. The predicted molar refractivity (Wildman–Crippen MR) is 55.6 cm³/mol. The molecule has 0 radical (unpaired) electrons. The summed E-state index contributed by atoms with van der Waals surface area (Å²) in [4.78, 5) is 0. The number of rotatable bonds is 3. The molecule has 2 nitrogen and oxygen atoms in total. The molecule has 1 unspecified atom stereocenters.